The van der Waals surface area contributed by atoms with Crippen molar-refractivity contribution in [3.8, 4) is 0 Å². The van der Waals surface area contributed by atoms with Crippen LogP contribution in [0.1, 0.15) is 40.0 Å². The zero-order valence-corrected chi connectivity index (χ0v) is 11.7. The molecule has 86 valence electrons. The standard InChI is InChI=1S/C9H21O2PS2/c1-8(2)9(3)6-4-5-7-14-12(10,11)13/h8-9H,4-7H2,1-3H3,(H2,10,11,13). The Bertz CT molecular complexity index is 191. The van der Waals surface area contributed by atoms with Crippen LogP contribution in [0.15, 0.2) is 0 Å². The molecule has 0 rings (SSSR count). The first kappa shape index (κ1) is 14.9. The molecule has 0 aliphatic carbocycles. The van der Waals surface area contributed by atoms with E-state index >= 15 is 0 Å². The molecule has 0 bridgehead atoms. The maximum Gasteiger partial charge on any atom is 0.242 e. The molecule has 1 unspecified atom stereocenters. The van der Waals surface area contributed by atoms with Crippen molar-refractivity contribution in [3.63, 3.8) is 0 Å². The van der Waals surface area contributed by atoms with E-state index in [-0.39, 0.29) is 0 Å². The van der Waals surface area contributed by atoms with Gasteiger partial charge in [-0.2, -0.15) is 0 Å². The van der Waals surface area contributed by atoms with Gasteiger partial charge in [-0.3, -0.25) is 0 Å². The average molecular weight is 256 g/mol. The Morgan fingerprint density at radius 2 is 1.79 bits per heavy atom. The van der Waals surface area contributed by atoms with Crippen LogP contribution in [0.25, 0.3) is 0 Å². The summed E-state index contributed by atoms with van der Waals surface area (Å²) in [4.78, 5) is 17.9. The number of hydrogen-bond donors (Lipinski definition) is 2. The molecule has 1 atom stereocenters. The molecule has 0 radical (unpaired) electrons. The third-order valence-electron chi connectivity index (χ3n) is 2.45. The van der Waals surface area contributed by atoms with E-state index in [1.54, 1.807) is 0 Å². The van der Waals surface area contributed by atoms with E-state index in [1.165, 1.54) is 6.42 Å². The topological polar surface area (TPSA) is 40.5 Å². The third-order valence-corrected chi connectivity index (χ3v) is 5.76. The minimum absolute atomic E-state index is 0.740. The molecule has 2 N–H and O–H groups in total. The normalized spacial score (nSPS) is 14.7. The van der Waals surface area contributed by atoms with Gasteiger partial charge in [-0.1, -0.05) is 45.0 Å². The molecule has 2 nitrogen and oxygen atoms in total. The summed E-state index contributed by atoms with van der Waals surface area (Å²) in [6.07, 6.45) is 3.40. The van der Waals surface area contributed by atoms with Gasteiger partial charge in [-0.05, 0) is 30.1 Å². The SMILES string of the molecule is CC(C)C(C)CCCCSP(O)(O)=S. The first-order valence-corrected chi connectivity index (χ1v) is 9.33. The molecule has 0 saturated carbocycles. The van der Waals surface area contributed by atoms with Gasteiger partial charge in [0.15, 0.2) is 0 Å². The van der Waals surface area contributed by atoms with Crippen LogP contribution in [0.3, 0.4) is 0 Å². The van der Waals surface area contributed by atoms with Crippen LogP contribution < -0.4 is 0 Å². The minimum Gasteiger partial charge on any atom is -0.338 e. The lowest BCUT2D eigenvalue weighted by atomic mass is 9.93. The van der Waals surface area contributed by atoms with Gasteiger partial charge >= 0.3 is 0 Å². The van der Waals surface area contributed by atoms with E-state index in [0.29, 0.717) is 0 Å². The van der Waals surface area contributed by atoms with Gasteiger partial charge < -0.3 is 9.79 Å². The molecule has 5 heteroatoms. The Kier molecular flexibility index (Phi) is 7.71. The highest BCUT2D eigenvalue weighted by atomic mass is 32.9. The summed E-state index contributed by atoms with van der Waals surface area (Å²) in [5.41, 5.74) is -3.00. The molecule has 0 aromatic carbocycles. The van der Waals surface area contributed by atoms with Gasteiger partial charge in [0.1, 0.15) is 0 Å². The molecule has 0 aliphatic heterocycles. The second kappa shape index (κ2) is 7.24. The number of unbranched alkanes of at least 4 members (excludes halogenated alkanes) is 1. The molecule has 0 fully saturated rings. The molecule has 0 aliphatic rings. The molecule has 14 heavy (non-hydrogen) atoms. The van der Waals surface area contributed by atoms with Crippen LogP contribution in [0, 0.1) is 11.8 Å². The van der Waals surface area contributed by atoms with Crippen molar-refractivity contribution in [3.05, 3.63) is 0 Å². The van der Waals surface area contributed by atoms with E-state index in [0.717, 1.165) is 41.8 Å². The second-order valence-electron chi connectivity index (χ2n) is 4.04. The zero-order chi connectivity index (χ0) is 11.2. The Hall–Kier alpha value is 0.920. The first-order valence-electron chi connectivity index (χ1n) is 5.03. The van der Waals surface area contributed by atoms with Crippen molar-refractivity contribution < 1.29 is 9.79 Å². The third kappa shape index (κ3) is 9.47. The maximum absolute atomic E-state index is 8.96. The largest absolute Gasteiger partial charge is 0.338 e. The average Bonchev–Trinajstić information content (AvgIpc) is 2.01. The summed E-state index contributed by atoms with van der Waals surface area (Å²) in [6, 6.07) is 0. The Labute approximate surface area is 96.4 Å². The lowest BCUT2D eigenvalue weighted by Crippen LogP contribution is -2.03. The summed E-state index contributed by atoms with van der Waals surface area (Å²) in [5.74, 6) is 2.27. The van der Waals surface area contributed by atoms with E-state index in [1.807, 2.05) is 0 Å². The van der Waals surface area contributed by atoms with E-state index in [4.69, 9.17) is 9.79 Å². The van der Waals surface area contributed by atoms with Crippen molar-refractivity contribution in [2.24, 2.45) is 11.8 Å². The van der Waals surface area contributed by atoms with Crippen molar-refractivity contribution in [1.82, 2.24) is 0 Å². The summed E-state index contributed by atoms with van der Waals surface area (Å²) in [6.45, 7) is 6.74. The van der Waals surface area contributed by atoms with Crippen LogP contribution in [-0.4, -0.2) is 15.5 Å². The van der Waals surface area contributed by atoms with Crippen LogP contribution in [0.2, 0.25) is 0 Å². The smallest absolute Gasteiger partial charge is 0.242 e. The highest BCUT2D eigenvalue weighted by molar-refractivity contribution is 8.67. The van der Waals surface area contributed by atoms with E-state index in [9.17, 15) is 0 Å². The van der Waals surface area contributed by atoms with Crippen LogP contribution in [-0.2, 0) is 11.8 Å². The van der Waals surface area contributed by atoms with Gasteiger partial charge in [0.05, 0.1) is 0 Å². The zero-order valence-electron chi connectivity index (χ0n) is 9.14. The van der Waals surface area contributed by atoms with Gasteiger partial charge in [0.25, 0.3) is 0 Å². The quantitative estimate of drug-likeness (QED) is 0.541. The summed E-state index contributed by atoms with van der Waals surface area (Å²) in [5, 5.41) is 0. The number of hydrogen-bond acceptors (Lipinski definition) is 2. The van der Waals surface area contributed by atoms with Gasteiger partial charge in [0.2, 0.25) is 5.69 Å². The van der Waals surface area contributed by atoms with Gasteiger partial charge in [-0.25, -0.2) is 0 Å². The van der Waals surface area contributed by atoms with E-state index in [2.05, 4.69) is 32.6 Å². The molecule has 0 amide bonds. The Morgan fingerprint density at radius 1 is 1.21 bits per heavy atom. The van der Waals surface area contributed by atoms with Crippen LogP contribution >= 0.6 is 17.1 Å². The second-order valence-corrected chi connectivity index (χ2v) is 10.2. The predicted molar refractivity (Wildman–Crippen MR) is 69.0 cm³/mol. The fraction of sp³-hybridized carbons (Fsp3) is 1.00. The van der Waals surface area contributed by atoms with Crippen LogP contribution in [0.5, 0.6) is 0 Å². The first-order chi connectivity index (χ1) is 6.33. The lowest BCUT2D eigenvalue weighted by Gasteiger charge is -2.14. The van der Waals surface area contributed by atoms with Crippen molar-refractivity contribution in [2.75, 3.05) is 5.75 Å². The van der Waals surface area contributed by atoms with Crippen molar-refractivity contribution >= 4 is 28.9 Å². The van der Waals surface area contributed by atoms with Gasteiger partial charge in [-0.15, -0.1) is 0 Å². The van der Waals surface area contributed by atoms with Crippen molar-refractivity contribution in [1.29, 1.82) is 0 Å². The van der Waals surface area contributed by atoms with Crippen LogP contribution in [0.4, 0.5) is 0 Å². The lowest BCUT2D eigenvalue weighted by molar-refractivity contribution is 0.381. The van der Waals surface area contributed by atoms with Gasteiger partial charge in [0, 0.05) is 5.75 Å². The molecular formula is C9H21O2PS2. The van der Waals surface area contributed by atoms with Crippen molar-refractivity contribution in [2.45, 2.75) is 40.0 Å². The maximum atomic E-state index is 8.96. The highest BCUT2D eigenvalue weighted by Crippen LogP contribution is 2.50. The summed E-state index contributed by atoms with van der Waals surface area (Å²) in [7, 11) is 0. The fourth-order valence-electron chi connectivity index (χ4n) is 1.09. The molecule has 0 saturated heterocycles. The Morgan fingerprint density at radius 3 is 2.21 bits per heavy atom. The molecule has 0 aromatic heterocycles. The highest BCUT2D eigenvalue weighted by Gasteiger charge is 2.09. The number of rotatable bonds is 7. The predicted octanol–water partition coefficient (Wildman–Crippen LogP) is 3.39. The summed E-state index contributed by atoms with van der Waals surface area (Å²) >= 11 is 5.64. The molecule has 0 spiro atoms. The monoisotopic (exact) mass is 256 g/mol. The summed E-state index contributed by atoms with van der Waals surface area (Å²) < 4.78 is 0. The fourth-order valence-corrected chi connectivity index (χ4v) is 3.43. The minimum atomic E-state index is -3.00. The Balaban J connectivity index is 3.35. The molecular weight excluding hydrogens is 235 g/mol. The molecule has 0 aromatic rings. The van der Waals surface area contributed by atoms with E-state index < -0.39 is 5.69 Å². The molecule has 0 heterocycles.